The van der Waals surface area contributed by atoms with Crippen molar-refractivity contribution in [2.45, 2.75) is 33.2 Å². The van der Waals surface area contributed by atoms with E-state index in [0.29, 0.717) is 5.82 Å². The molecule has 0 spiro atoms. The molecule has 1 heterocycles. The molecule has 0 aromatic carbocycles. The minimum absolute atomic E-state index is 0.0151. The molecular weight excluding hydrogens is 224 g/mol. The molecule has 1 amide bonds. The van der Waals surface area contributed by atoms with Crippen molar-refractivity contribution in [1.82, 2.24) is 20.1 Å². The van der Waals surface area contributed by atoms with E-state index in [4.69, 9.17) is 5.11 Å². The van der Waals surface area contributed by atoms with Crippen molar-refractivity contribution >= 4 is 11.9 Å². The Balaban J connectivity index is 2.99. The van der Waals surface area contributed by atoms with Crippen LogP contribution in [-0.2, 0) is 4.79 Å². The Labute approximate surface area is 98.8 Å². The number of hydrogen-bond donors (Lipinski definition) is 2. The molecule has 1 aromatic heterocycles. The highest BCUT2D eigenvalue weighted by Gasteiger charge is 2.31. The number of amides is 1. The third kappa shape index (κ3) is 3.27. The Bertz CT molecular complexity index is 433. The molecule has 7 heteroatoms. The Morgan fingerprint density at radius 1 is 1.41 bits per heavy atom. The third-order valence-electron chi connectivity index (χ3n) is 2.14. The standard InChI is InChI=1S/C10H16N4O3/c1-6-11-8(13-12-6)9(17)14(5-7(15)16)10(2,3)4/h5H2,1-4H3,(H,15,16)(H,11,12,13). The monoisotopic (exact) mass is 240 g/mol. The summed E-state index contributed by atoms with van der Waals surface area (Å²) in [7, 11) is 0. The van der Waals surface area contributed by atoms with Gasteiger partial charge in [-0.25, -0.2) is 4.98 Å². The highest BCUT2D eigenvalue weighted by molar-refractivity contribution is 5.93. The molecule has 2 N–H and O–H groups in total. The third-order valence-corrected chi connectivity index (χ3v) is 2.14. The predicted octanol–water partition coefficient (Wildman–Crippen LogP) is 0.438. The second kappa shape index (κ2) is 4.52. The fraction of sp³-hybridized carbons (Fsp3) is 0.600. The molecule has 1 aromatic rings. The summed E-state index contributed by atoms with van der Waals surface area (Å²) >= 11 is 0. The fourth-order valence-corrected chi connectivity index (χ4v) is 1.31. The van der Waals surface area contributed by atoms with Crippen LogP contribution in [0.25, 0.3) is 0 Å². The number of carbonyl (C=O) groups excluding carboxylic acids is 1. The lowest BCUT2D eigenvalue weighted by atomic mass is 10.1. The summed E-state index contributed by atoms with van der Waals surface area (Å²) in [5, 5.41) is 15.1. The topological polar surface area (TPSA) is 99.2 Å². The fourth-order valence-electron chi connectivity index (χ4n) is 1.31. The molecular formula is C10H16N4O3. The zero-order chi connectivity index (χ0) is 13.2. The van der Waals surface area contributed by atoms with Crippen molar-refractivity contribution in [3.63, 3.8) is 0 Å². The van der Waals surface area contributed by atoms with Gasteiger partial charge < -0.3 is 10.0 Å². The molecule has 0 aliphatic heterocycles. The molecule has 17 heavy (non-hydrogen) atoms. The maximum Gasteiger partial charge on any atom is 0.323 e. The van der Waals surface area contributed by atoms with Crippen LogP contribution < -0.4 is 0 Å². The number of H-pyrrole nitrogens is 1. The number of aromatic amines is 1. The SMILES string of the molecule is Cc1nc(C(=O)N(CC(=O)O)C(C)(C)C)n[nH]1. The number of carbonyl (C=O) groups is 2. The van der Waals surface area contributed by atoms with Crippen LogP contribution in [0.1, 0.15) is 37.2 Å². The largest absolute Gasteiger partial charge is 0.480 e. The van der Waals surface area contributed by atoms with Crippen LogP contribution in [0.15, 0.2) is 0 Å². The van der Waals surface area contributed by atoms with Gasteiger partial charge in [-0.3, -0.25) is 14.7 Å². The van der Waals surface area contributed by atoms with Crippen molar-refractivity contribution < 1.29 is 14.7 Å². The zero-order valence-corrected chi connectivity index (χ0v) is 10.3. The Hall–Kier alpha value is -1.92. The molecule has 0 fully saturated rings. The molecule has 0 saturated carbocycles. The van der Waals surface area contributed by atoms with Crippen LogP contribution in [0.2, 0.25) is 0 Å². The van der Waals surface area contributed by atoms with E-state index in [0.717, 1.165) is 0 Å². The second-order valence-corrected chi connectivity index (χ2v) is 4.70. The van der Waals surface area contributed by atoms with Crippen molar-refractivity contribution in [2.75, 3.05) is 6.54 Å². The predicted molar refractivity (Wildman–Crippen MR) is 59.5 cm³/mol. The summed E-state index contributed by atoms with van der Waals surface area (Å²) in [4.78, 5) is 27.9. The lowest BCUT2D eigenvalue weighted by Gasteiger charge is -2.33. The van der Waals surface area contributed by atoms with Gasteiger partial charge in [-0.2, -0.15) is 0 Å². The summed E-state index contributed by atoms with van der Waals surface area (Å²) in [6.07, 6.45) is 0. The second-order valence-electron chi connectivity index (χ2n) is 4.70. The van der Waals surface area contributed by atoms with Gasteiger partial charge in [-0.15, -0.1) is 5.10 Å². The molecule has 1 rings (SSSR count). The first kappa shape index (κ1) is 13.1. The van der Waals surface area contributed by atoms with Gasteiger partial charge in [-0.1, -0.05) is 0 Å². The van der Waals surface area contributed by atoms with E-state index in [1.165, 1.54) is 4.90 Å². The first-order valence-electron chi connectivity index (χ1n) is 5.14. The molecule has 0 atom stereocenters. The number of rotatable bonds is 3. The summed E-state index contributed by atoms with van der Waals surface area (Å²) in [5.74, 6) is -1.07. The number of hydrogen-bond acceptors (Lipinski definition) is 4. The zero-order valence-electron chi connectivity index (χ0n) is 10.3. The number of aryl methyl sites for hydroxylation is 1. The lowest BCUT2D eigenvalue weighted by Crippen LogP contribution is -2.48. The van der Waals surface area contributed by atoms with E-state index in [9.17, 15) is 9.59 Å². The summed E-state index contributed by atoms with van der Waals surface area (Å²) < 4.78 is 0. The van der Waals surface area contributed by atoms with E-state index >= 15 is 0 Å². The van der Waals surface area contributed by atoms with Crippen LogP contribution in [-0.4, -0.2) is 49.1 Å². The number of nitrogens with zero attached hydrogens (tertiary/aromatic N) is 3. The number of aliphatic carboxylic acids is 1. The van der Waals surface area contributed by atoms with E-state index in [1.54, 1.807) is 27.7 Å². The number of aromatic nitrogens is 3. The highest BCUT2D eigenvalue weighted by atomic mass is 16.4. The summed E-state index contributed by atoms with van der Waals surface area (Å²) in [6.45, 7) is 6.56. The minimum Gasteiger partial charge on any atom is -0.480 e. The van der Waals surface area contributed by atoms with Crippen molar-refractivity contribution in [2.24, 2.45) is 0 Å². The first-order valence-corrected chi connectivity index (χ1v) is 5.14. The Morgan fingerprint density at radius 3 is 2.35 bits per heavy atom. The van der Waals surface area contributed by atoms with Gasteiger partial charge in [0.25, 0.3) is 5.91 Å². The summed E-state index contributed by atoms with van der Waals surface area (Å²) in [6, 6.07) is 0. The van der Waals surface area contributed by atoms with E-state index in [1.807, 2.05) is 0 Å². The van der Waals surface area contributed by atoms with Gasteiger partial charge in [0.05, 0.1) is 0 Å². The van der Waals surface area contributed by atoms with Crippen LogP contribution in [0.5, 0.6) is 0 Å². The van der Waals surface area contributed by atoms with Crippen molar-refractivity contribution in [3.05, 3.63) is 11.6 Å². The maximum atomic E-state index is 12.1. The number of nitrogens with one attached hydrogen (secondary N) is 1. The number of carboxylic acid groups (broad SMARTS) is 1. The first-order chi connectivity index (χ1) is 7.71. The van der Waals surface area contributed by atoms with Crippen LogP contribution in [0, 0.1) is 6.92 Å². The van der Waals surface area contributed by atoms with Crippen molar-refractivity contribution in [1.29, 1.82) is 0 Å². The van der Waals surface area contributed by atoms with Gasteiger partial charge in [0.1, 0.15) is 12.4 Å². The Morgan fingerprint density at radius 2 is 2.00 bits per heavy atom. The number of carboxylic acids is 1. The van der Waals surface area contributed by atoms with E-state index in [-0.39, 0.29) is 12.4 Å². The average Bonchev–Trinajstić information content (AvgIpc) is 2.58. The van der Waals surface area contributed by atoms with Gasteiger partial charge in [0.15, 0.2) is 0 Å². The molecule has 0 saturated heterocycles. The maximum absolute atomic E-state index is 12.1. The smallest absolute Gasteiger partial charge is 0.323 e. The van der Waals surface area contributed by atoms with Crippen LogP contribution in [0.3, 0.4) is 0 Å². The van der Waals surface area contributed by atoms with E-state index in [2.05, 4.69) is 15.2 Å². The highest BCUT2D eigenvalue weighted by Crippen LogP contribution is 2.15. The van der Waals surface area contributed by atoms with E-state index < -0.39 is 17.4 Å². The van der Waals surface area contributed by atoms with Gasteiger partial charge in [0.2, 0.25) is 5.82 Å². The lowest BCUT2D eigenvalue weighted by molar-refractivity contribution is -0.138. The molecule has 0 aliphatic carbocycles. The van der Waals surface area contributed by atoms with Gasteiger partial charge in [0, 0.05) is 5.54 Å². The Kier molecular flexibility index (Phi) is 3.50. The molecule has 0 bridgehead atoms. The quantitative estimate of drug-likeness (QED) is 0.798. The average molecular weight is 240 g/mol. The van der Waals surface area contributed by atoms with Crippen LogP contribution in [0.4, 0.5) is 0 Å². The van der Waals surface area contributed by atoms with Crippen molar-refractivity contribution in [3.8, 4) is 0 Å². The van der Waals surface area contributed by atoms with Gasteiger partial charge >= 0.3 is 5.97 Å². The molecule has 0 aliphatic rings. The molecule has 0 radical (unpaired) electrons. The molecule has 0 unspecified atom stereocenters. The summed E-state index contributed by atoms with van der Waals surface area (Å²) in [5.41, 5.74) is -0.607. The van der Waals surface area contributed by atoms with Crippen LogP contribution >= 0.6 is 0 Å². The molecule has 7 nitrogen and oxygen atoms in total. The molecule has 94 valence electrons. The minimum atomic E-state index is -1.07. The van der Waals surface area contributed by atoms with Gasteiger partial charge in [-0.05, 0) is 27.7 Å². The normalized spacial score (nSPS) is 11.3.